The van der Waals surface area contributed by atoms with Gasteiger partial charge in [0, 0.05) is 11.6 Å². The van der Waals surface area contributed by atoms with Gasteiger partial charge in [0.25, 0.3) is 11.5 Å². The van der Waals surface area contributed by atoms with Crippen LogP contribution in [0.15, 0.2) is 24.5 Å². The highest BCUT2D eigenvalue weighted by molar-refractivity contribution is 5.93. The maximum Gasteiger partial charge on any atom is 0.295 e. The Bertz CT molecular complexity index is 714. The molecule has 9 nitrogen and oxygen atoms in total. The van der Waals surface area contributed by atoms with Crippen molar-refractivity contribution in [1.29, 1.82) is 5.26 Å². The zero-order valence-corrected chi connectivity index (χ0v) is 9.35. The summed E-state index contributed by atoms with van der Waals surface area (Å²) >= 11 is 0. The number of nitriles is 1. The fourth-order valence-electron chi connectivity index (χ4n) is 1.45. The molecule has 1 aromatic carbocycles. The van der Waals surface area contributed by atoms with Crippen LogP contribution < -0.4 is 5.73 Å². The minimum atomic E-state index is -0.772. The second kappa shape index (κ2) is 4.53. The van der Waals surface area contributed by atoms with Crippen LogP contribution in [0.4, 0.5) is 5.69 Å². The zero-order chi connectivity index (χ0) is 14.0. The van der Waals surface area contributed by atoms with Crippen LogP contribution in [0.1, 0.15) is 16.2 Å². The number of hydrogen-bond donors (Lipinski definition) is 1. The number of rotatable bonds is 3. The Morgan fingerprint density at radius 2 is 2.26 bits per heavy atom. The molecule has 2 aromatic rings. The standard InChI is InChI=1S/C10H6N6O3/c11-4-9-13-5-15(14-9)7-2-1-6(10(12)17)3-8(7)16(18)19/h1-3,5H,(H2,12,17). The normalized spacial score (nSPS) is 9.84. The summed E-state index contributed by atoms with van der Waals surface area (Å²) in [6.45, 7) is 0. The lowest BCUT2D eigenvalue weighted by Crippen LogP contribution is -2.12. The van der Waals surface area contributed by atoms with E-state index in [9.17, 15) is 14.9 Å². The molecule has 1 aromatic heterocycles. The van der Waals surface area contributed by atoms with Crippen LogP contribution in [0.25, 0.3) is 5.69 Å². The summed E-state index contributed by atoms with van der Waals surface area (Å²) in [5, 5.41) is 23.3. The first kappa shape index (κ1) is 12.2. The summed E-state index contributed by atoms with van der Waals surface area (Å²) in [6.07, 6.45) is 1.17. The van der Waals surface area contributed by atoms with E-state index in [-0.39, 0.29) is 22.8 Å². The van der Waals surface area contributed by atoms with Crippen LogP contribution in [-0.2, 0) is 0 Å². The minimum absolute atomic E-state index is 0.0103. The molecule has 0 atom stereocenters. The molecule has 0 aliphatic heterocycles. The fraction of sp³-hybridized carbons (Fsp3) is 0. The first-order valence-electron chi connectivity index (χ1n) is 4.93. The van der Waals surface area contributed by atoms with Crippen LogP contribution in [0, 0.1) is 21.4 Å². The summed E-state index contributed by atoms with van der Waals surface area (Å²) in [4.78, 5) is 24.9. The number of nitro groups is 1. The third-order valence-corrected chi connectivity index (χ3v) is 2.30. The van der Waals surface area contributed by atoms with E-state index in [1.165, 1.54) is 18.5 Å². The molecule has 0 bridgehead atoms. The summed E-state index contributed by atoms with van der Waals surface area (Å²) in [5.41, 5.74) is 4.80. The van der Waals surface area contributed by atoms with Gasteiger partial charge in [0.1, 0.15) is 18.1 Å². The molecule has 2 rings (SSSR count). The van der Waals surface area contributed by atoms with E-state index in [2.05, 4.69) is 10.1 Å². The third-order valence-electron chi connectivity index (χ3n) is 2.30. The van der Waals surface area contributed by atoms with Crippen molar-refractivity contribution in [3.8, 4) is 11.8 Å². The Hall–Kier alpha value is -3.28. The predicted octanol–water partition coefficient (Wildman–Crippen LogP) is 0.146. The van der Waals surface area contributed by atoms with Crippen LogP contribution in [0.3, 0.4) is 0 Å². The highest BCUT2D eigenvalue weighted by atomic mass is 16.6. The molecule has 1 amide bonds. The lowest BCUT2D eigenvalue weighted by atomic mass is 10.1. The van der Waals surface area contributed by atoms with E-state index >= 15 is 0 Å². The average molecular weight is 258 g/mol. The smallest absolute Gasteiger partial charge is 0.295 e. The highest BCUT2D eigenvalue weighted by Crippen LogP contribution is 2.23. The van der Waals surface area contributed by atoms with Crippen LogP contribution in [-0.4, -0.2) is 25.6 Å². The Morgan fingerprint density at radius 1 is 1.53 bits per heavy atom. The fourth-order valence-corrected chi connectivity index (χ4v) is 1.45. The van der Waals surface area contributed by atoms with Crippen molar-refractivity contribution in [1.82, 2.24) is 14.8 Å². The van der Waals surface area contributed by atoms with Gasteiger partial charge in [-0.25, -0.2) is 9.67 Å². The molecule has 0 radical (unpaired) electrons. The Labute approximate surface area is 106 Å². The topological polar surface area (TPSA) is 141 Å². The molecule has 0 saturated carbocycles. The number of aromatic nitrogens is 3. The van der Waals surface area contributed by atoms with Crippen LogP contribution >= 0.6 is 0 Å². The number of carbonyl (C=O) groups is 1. The molecular weight excluding hydrogens is 252 g/mol. The number of primary amides is 1. The van der Waals surface area contributed by atoms with Crippen LogP contribution in [0.5, 0.6) is 0 Å². The monoisotopic (exact) mass is 258 g/mol. The SMILES string of the molecule is N#Cc1ncn(-c2ccc(C(N)=O)cc2[N+](=O)[O-])n1. The van der Waals surface area contributed by atoms with Gasteiger partial charge in [-0.1, -0.05) is 0 Å². The van der Waals surface area contributed by atoms with Gasteiger partial charge in [-0.3, -0.25) is 14.9 Å². The number of nitro benzene ring substituents is 1. The number of amides is 1. The first-order chi connectivity index (χ1) is 9.02. The Balaban J connectivity index is 2.60. The maximum absolute atomic E-state index is 11.0. The molecule has 0 spiro atoms. The molecule has 0 unspecified atom stereocenters. The molecule has 0 fully saturated rings. The number of hydrogen-bond acceptors (Lipinski definition) is 6. The van der Waals surface area contributed by atoms with E-state index in [0.29, 0.717) is 0 Å². The summed E-state index contributed by atoms with van der Waals surface area (Å²) in [5.74, 6) is -0.890. The van der Waals surface area contributed by atoms with Crippen molar-refractivity contribution in [2.75, 3.05) is 0 Å². The third kappa shape index (κ3) is 2.22. The summed E-state index contributed by atoms with van der Waals surface area (Å²) in [6, 6.07) is 5.40. The van der Waals surface area contributed by atoms with Gasteiger partial charge in [0.2, 0.25) is 5.91 Å². The average Bonchev–Trinajstić information content (AvgIpc) is 2.86. The molecule has 94 valence electrons. The van der Waals surface area contributed by atoms with Gasteiger partial charge >= 0.3 is 0 Å². The zero-order valence-electron chi connectivity index (χ0n) is 9.35. The quantitative estimate of drug-likeness (QED) is 0.613. The van der Waals surface area contributed by atoms with E-state index in [0.717, 1.165) is 10.7 Å². The molecule has 19 heavy (non-hydrogen) atoms. The van der Waals surface area contributed by atoms with Crippen LogP contribution in [0.2, 0.25) is 0 Å². The van der Waals surface area contributed by atoms with Gasteiger partial charge in [-0.2, -0.15) is 5.26 Å². The molecule has 0 aliphatic carbocycles. The number of nitrogens with zero attached hydrogens (tertiary/aromatic N) is 5. The highest BCUT2D eigenvalue weighted by Gasteiger charge is 2.19. The molecule has 0 saturated heterocycles. The van der Waals surface area contributed by atoms with Gasteiger partial charge in [-0.05, 0) is 12.1 Å². The second-order valence-electron chi connectivity index (χ2n) is 3.45. The van der Waals surface area contributed by atoms with E-state index in [4.69, 9.17) is 11.0 Å². The van der Waals surface area contributed by atoms with Crippen molar-refractivity contribution in [2.24, 2.45) is 5.73 Å². The van der Waals surface area contributed by atoms with Gasteiger partial charge < -0.3 is 5.73 Å². The molecule has 1 heterocycles. The molecule has 0 aliphatic rings. The van der Waals surface area contributed by atoms with Crippen molar-refractivity contribution in [3.63, 3.8) is 0 Å². The van der Waals surface area contributed by atoms with Crippen molar-refractivity contribution < 1.29 is 9.72 Å². The van der Waals surface area contributed by atoms with Gasteiger partial charge in [0.05, 0.1) is 4.92 Å². The van der Waals surface area contributed by atoms with E-state index in [1.807, 2.05) is 0 Å². The number of nitrogens with two attached hydrogens (primary N) is 1. The van der Waals surface area contributed by atoms with Crippen molar-refractivity contribution in [3.05, 3.63) is 46.0 Å². The second-order valence-corrected chi connectivity index (χ2v) is 3.45. The molecule has 2 N–H and O–H groups in total. The maximum atomic E-state index is 11.0. The van der Waals surface area contributed by atoms with Gasteiger partial charge in [-0.15, -0.1) is 5.10 Å². The first-order valence-corrected chi connectivity index (χ1v) is 4.93. The summed E-state index contributed by atoms with van der Waals surface area (Å²) < 4.78 is 1.08. The Morgan fingerprint density at radius 3 is 2.79 bits per heavy atom. The predicted molar refractivity (Wildman–Crippen MR) is 61.2 cm³/mol. The lowest BCUT2D eigenvalue weighted by molar-refractivity contribution is -0.384. The number of carbonyl (C=O) groups excluding carboxylic acids is 1. The minimum Gasteiger partial charge on any atom is -0.366 e. The summed E-state index contributed by atoms with van der Waals surface area (Å²) in [7, 11) is 0. The van der Waals surface area contributed by atoms with E-state index < -0.39 is 10.8 Å². The van der Waals surface area contributed by atoms with E-state index in [1.54, 1.807) is 6.07 Å². The largest absolute Gasteiger partial charge is 0.366 e. The van der Waals surface area contributed by atoms with Gasteiger partial charge in [0.15, 0.2) is 0 Å². The number of benzene rings is 1. The van der Waals surface area contributed by atoms with Crippen molar-refractivity contribution in [2.45, 2.75) is 0 Å². The molecule has 9 heteroatoms. The van der Waals surface area contributed by atoms with Crippen molar-refractivity contribution >= 4 is 11.6 Å². The molecular formula is C10H6N6O3. The Kier molecular flexibility index (Phi) is 2.91. The lowest BCUT2D eigenvalue weighted by Gasteiger charge is -2.03.